The molecule has 0 radical (unpaired) electrons. The van der Waals surface area contributed by atoms with E-state index in [1.165, 1.54) is 11.1 Å². The van der Waals surface area contributed by atoms with E-state index in [1.54, 1.807) is 7.11 Å². The molecule has 1 aromatic carbocycles. The Balaban J connectivity index is 2.16. The van der Waals surface area contributed by atoms with Gasteiger partial charge in [-0.3, -0.25) is 16.3 Å². The van der Waals surface area contributed by atoms with Crippen LogP contribution in [0, 0.1) is 13.8 Å². The van der Waals surface area contributed by atoms with Crippen molar-refractivity contribution < 1.29 is 4.74 Å². The van der Waals surface area contributed by atoms with Crippen LogP contribution in [0.15, 0.2) is 36.5 Å². The van der Waals surface area contributed by atoms with Crippen molar-refractivity contribution in [2.75, 3.05) is 7.11 Å². The van der Waals surface area contributed by atoms with Crippen LogP contribution in [0.3, 0.4) is 0 Å². The smallest absolute Gasteiger partial charge is 0.122 e. The summed E-state index contributed by atoms with van der Waals surface area (Å²) in [7, 11) is 1.70. The lowest BCUT2D eigenvalue weighted by molar-refractivity contribution is 0.410. The molecule has 112 valence electrons. The molecule has 2 aromatic rings. The van der Waals surface area contributed by atoms with Gasteiger partial charge in [-0.25, -0.2) is 0 Å². The zero-order valence-electron chi connectivity index (χ0n) is 12.9. The Labute approximate surface area is 126 Å². The van der Waals surface area contributed by atoms with Gasteiger partial charge < -0.3 is 4.74 Å². The number of aryl methyl sites for hydroxylation is 3. The van der Waals surface area contributed by atoms with Crippen molar-refractivity contribution in [3.05, 3.63) is 58.9 Å². The molecule has 0 aliphatic rings. The number of methoxy groups -OCH3 is 1. The molecule has 2 rings (SSSR count). The highest BCUT2D eigenvalue weighted by Crippen LogP contribution is 2.28. The van der Waals surface area contributed by atoms with E-state index in [0.717, 1.165) is 29.8 Å². The van der Waals surface area contributed by atoms with Crippen LogP contribution in [-0.4, -0.2) is 12.1 Å². The summed E-state index contributed by atoms with van der Waals surface area (Å²) in [6, 6.07) is 10.3. The Hall–Kier alpha value is -1.91. The molecule has 21 heavy (non-hydrogen) atoms. The molecular weight excluding hydrogens is 262 g/mol. The molecule has 1 aromatic heterocycles. The molecule has 0 saturated heterocycles. The standard InChI is InChI=1S/C17H23N3O/c1-12-11-17(21-3)13(2)10-15(12)16(20-18)8-7-14-6-4-5-9-19-14/h4-6,9-11,16,20H,7-8,18H2,1-3H3. The van der Waals surface area contributed by atoms with E-state index in [2.05, 4.69) is 29.5 Å². The molecule has 0 saturated carbocycles. The van der Waals surface area contributed by atoms with Gasteiger partial charge in [-0.2, -0.15) is 0 Å². The van der Waals surface area contributed by atoms with Gasteiger partial charge in [-0.1, -0.05) is 12.1 Å². The van der Waals surface area contributed by atoms with E-state index < -0.39 is 0 Å². The third kappa shape index (κ3) is 3.80. The number of ether oxygens (including phenoxy) is 1. The summed E-state index contributed by atoms with van der Waals surface area (Å²) in [5.74, 6) is 6.67. The normalized spacial score (nSPS) is 12.2. The highest BCUT2D eigenvalue weighted by Gasteiger charge is 2.14. The molecule has 1 heterocycles. The predicted molar refractivity (Wildman–Crippen MR) is 85.1 cm³/mol. The molecule has 0 aliphatic heterocycles. The molecule has 4 heteroatoms. The first-order valence-corrected chi connectivity index (χ1v) is 7.17. The van der Waals surface area contributed by atoms with Gasteiger partial charge in [0.05, 0.1) is 7.11 Å². The zero-order valence-corrected chi connectivity index (χ0v) is 12.9. The van der Waals surface area contributed by atoms with E-state index in [0.29, 0.717) is 0 Å². The second-order valence-corrected chi connectivity index (χ2v) is 5.26. The largest absolute Gasteiger partial charge is 0.496 e. The molecular formula is C17H23N3O. The van der Waals surface area contributed by atoms with Crippen molar-refractivity contribution in [1.82, 2.24) is 10.4 Å². The predicted octanol–water partition coefficient (Wildman–Crippen LogP) is 2.84. The van der Waals surface area contributed by atoms with Crippen molar-refractivity contribution in [2.24, 2.45) is 5.84 Å². The summed E-state index contributed by atoms with van der Waals surface area (Å²) in [6.45, 7) is 4.14. The summed E-state index contributed by atoms with van der Waals surface area (Å²) >= 11 is 0. The van der Waals surface area contributed by atoms with E-state index in [4.69, 9.17) is 10.6 Å². The topological polar surface area (TPSA) is 60.2 Å². The molecule has 0 aliphatic carbocycles. The minimum Gasteiger partial charge on any atom is -0.496 e. The Morgan fingerprint density at radius 3 is 2.67 bits per heavy atom. The number of nitrogens with two attached hydrogens (primary N) is 1. The van der Waals surface area contributed by atoms with Crippen LogP contribution in [0.4, 0.5) is 0 Å². The number of hydrogen-bond acceptors (Lipinski definition) is 4. The van der Waals surface area contributed by atoms with Gasteiger partial charge in [0.15, 0.2) is 0 Å². The Kier molecular flexibility index (Phi) is 5.31. The number of hydrogen-bond donors (Lipinski definition) is 2. The van der Waals surface area contributed by atoms with Gasteiger partial charge in [0.2, 0.25) is 0 Å². The summed E-state index contributed by atoms with van der Waals surface area (Å²) < 4.78 is 5.36. The fraction of sp³-hybridized carbons (Fsp3) is 0.353. The number of aromatic nitrogens is 1. The molecule has 0 amide bonds. The van der Waals surface area contributed by atoms with Crippen LogP contribution in [0.25, 0.3) is 0 Å². The number of nitrogens with one attached hydrogen (secondary N) is 1. The van der Waals surface area contributed by atoms with E-state index in [9.17, 15) is 0 Å². The second kappa shape index (κ2) is 7.20. The summed E-state index contributed by atoms with van der Waals surface area (Å²) in [5, 5.41) is 0. The SMILES string of the molecule is COc1cc(C)c(C(CCc2ccccn2)NN)cc1C. The number of hydrazine groups is 1. The van der Waals surface area contributed by atoms with Gasteiger partial charge in [-0.05, 0) is 61.6 Å². The molecule has 0 spiro atoms. The number of pyridine rings is 1. The first-order chi connectivity index (χ1) is 10.2. The lowest BCUT2D eigenvalue weighted by atomic mass is 9.95. The Bertz CT molecular complexity index is 584. The molecule has 1 atom stereocenters. The van der Waals surface area contributed by atoms with Gasteiger partial charge >= 0.3 is 0 Å². The highest BCUT2D eigenvalue weighted by molar-refractivity contribution is 5.42. The van der Waals surface area contributed by atoms with E-state index in [-0.39, 0.29) is 6.04 Å². The van der Waals surface area contributed by atoms with Crippen LogP contribution < -0.4 is 16.0 Å². The van der Waals surface area contributed by atoms with Crippen molar-refractivity contribution in [1.29, 1.82) is 0 Å². The van der Waals surface area contributed by atoms with Crippen molar-refractivity contribution in [2.45, 2.75) is 32.7 Å². The third-order valence-electron chi connectivity index (χ3n) is 3.78. The quantitative estimate of drug-likeness (QED) is 0.633. The van der Waals surface area contributed by atoms with Gasteiger partial charge in [0.1, 0.15) is 5.75 Å². The van der Waals surface area contributed by atoms with Crippen LogP contribution in [-0.2, 0) is 6.42 Å². The van der Waals surface area contributed by atoms with E-state index in [1.807, 2.05) is 31.3 Å². The van der Waals surface area contributed by atoms with Gasteiger partial charge in [0.25, 0.3) is 0 Å². The average molecular weight is 285 g/mol. The maximum absolute atomic E-state index is 5.76. The summed E-state index contributed by atoms with van der Waals surface area (Å²) in [4.78, 5) is 4.36. The second-order valence-electron chi connectivity index (χ2n) is 5.26. The lowest BCUT2D eigenvalue weighted by Gasteiger charge is -2.20. The average Bonchev–Trinajstić information content (AvgIpc) is 2.51. The van der Waals surface area contributed by atoms with E-state index >= 15 is 0 Å². The van der Waals surface area contributed by atoms with Crippen LogP contribution in [0.1, 0.15) is 34.8 Å². The molecule has 0 bridgehead atoms. The van der Waals surface area contributed by atoms with Crippen LogP contribution in [0.2, 0.25) is 0 Å². The van der Waals surface area contributed by atoms with Crippen molar-refractivity contribution in [3.63, 3.8) is 0 Å². The third-order valence-corrected chi connectivity index (χ3v) is 3.78. The number of rotatable bonds is 6. The van der Waals surface area contributed by atoms with Gasteiger partial charge in [-0.15, -0.1) is 0 Å². The zero-order chi connectivity index (χ0) is 15.2. The maximum Gasteiger partial charge on any atom is 0.122 e. The monoisotopic (exact) mass is 285 g/mol. The Morgan fingerprint density at radius 1 is 1.24 bits per heavy atom. The van der Waals surface area contributed by atoms with Crippen molar-refractivity contribution in [3.8, 4) is 5.75 Å². The minimum atomic E-state index is 0.108. The number of benzene rings is 1. The summed E-state index contributed by atoms with van der Waals surface area (Å²) in [6.07, 6.45) is 3.61. The molecule has 1 unspecified atom stereocenters. The molecule has 0 fully saturated rings. The lowest BCUT2D eigenvalue weighted by Crippen LogP contribution is -2.29. The first-order valence-electron chi connectivity index (χ1n) is 7.17. The molecule has 4 nitrogen and oxygen atoms in total. The number of nitrogens with zero attached hydrogens (tertiary/aromatic N) is 1. The maximum atomic E-state index is 5.76. The fourth-order valence-corrected chi connectivity index (χ4v) is 2.57. The van der Waals surface area contributed by atoms with Crippen LogP contribution >= 0.6 is 0 Å². The highest BCUT2D eigenvalue weighted by atomic mass is 16.5. The van der Waals surface area contributed by atoms with Gasteiger partial charge in [0, 0.05) is 17.9 Å². The van der Waals surface area contributed by atoms with Crippen LogP contribution in [0.5, 0.6) is 5.75 Å². The Morgan fingerprint density at radius 2 is 2.05 bits per heavy atom. The first kappa shape index (κ1) is 15.5. The minimum absolute atomic E-state index is 0.108. The summed E-state index contributed by atoms with van der Waals surface area (Å²) in [5.41, 5.74) is 7.53. The molecule has 3 N–H and O–H groups in total. The fourth-order valence-electron chi connectivity index (χ4n) is 2.57. The van der Waals surface area contributed by atoms with Crippen molar-refractivity contribution >= 4 is 0 Å².